The summed E-state index contributed by atoms with van der Waals surface area (Å²) in [4.78, 5) is 29.0. The number of nitrogens with one attached hydrogen (secondary N) is 2. The molecule has 2 unspecified atom stereocenters. The molecule has 0 radical (unpaired) electrons. The summed E-state index contributed by atoms with van der Waals surface area (Å²) in [5.41, 5.74) is 8.53. The summed E-state index contributed by atoms with van der Waals surface area (Å²) in [6.45, 7) is 0.473. The molecule has 2 saturated carbocycles. The van der Waals surface area contributed by atoms with Crippen molar-refractivity contribution in [3.05, 3.63) is 59.9 Å². The lowest BCUT2D eigenvalue weighted by atomic mass is 9.65. The number of fused-ring (bicyclic) bond motifs is 2. The van der Waals surface area contributed by atoms with Gasteiger partial charge in [-0.15, -0.1) is 0 Å². The van der Waals surface area contributed by atoms with Gasteiger partial charge in [-0.2, -0.15) is 0 Å². The molecular formula is C23H28N4O2. The van der Waals surface area contributed by atoms with Crippen molar-refractivity contribution in [3.63, 3.8) is 0 Å². The minimum atomic E-state index is -0.182. The van der Waals surface area contributed by atoms with E-state index in [1.54, 1.807) is 36.7 Å². The Morgan fingerprint density at radius 2 is 1.79 bits per heavy atom. The fourth-order valence-electron chi connectivity index (χ4n) is 4.75. The Morgan fingerprint density at radius 3 is 2.45 bits per heavy atom. The van der Waals surface area contributed by atoms with Crippen LogP contribution in [0.25, 0.3) is 0 Å². The monoisotopic (exact) mass is 392 g/mol. The number of hydrogen-bond acceptors (Lipinski definition) is 4. The summed E-state index contributed by atoms with van der Waals surface area (Å²) in [5.74, 6) is 1.02. The van der Waals surface area contributed by atoms with E-state index in [1.165, 1.54) is 6.42 Å². The third-order valence-corrected chi connectivity index (χ3v) is 6.39. The maximum Gasteiger partial charge on any atom is 0.255 e. The van der Waals surface area contributed by atoms with E-state index in [0.29, 0.717) is 29.6 Å². The van der Waals surface area contributed by atoms with Crippen LogP contribution in [0.3, 0.4) is 0 Å². The third kappa shape index (κ3) is 4.65. The Morgan fingerprint density at radius 1 is 1.07 bits per heavy atom. The highest BCUT2D eigenvalue weighted by Gasteiger charge is 2.40. The van der Waals surface area contributed by atoms with Gasteiger partial charge in [0.15, 0.2) is 0 Å². The van der Waals surface area contributed by atoms with Crippen LogP contribution in [0.1, 0.15) is 48.0 Å². The molecule has 4 rings (SSSR count). The number of nitrogens with two attached hydrogens (primary N) is 1. The lowest BCUT2D eigenvalue weighted by Crippen LogP contribution is -2.49. The standard InChI is InChI=1S/C23H28N4O2/c24-21-17-3-1-4-18(21)12-19(11-17)22(28)26-13-15-6-8-16(9-7-15)23(29)27-20-5-2-10-25-14-20/h2,5-10,14,17-19,21H,1,3-4,11-13,24H2,(H,26,28)(H,27,29). The lowest BCUT2D eigenvalue weighted by Gasteiger charge is -2.43. The number of nitrogens with zero attached hydrogens (tertiary/aromatic N) is 1. The quantitative estimate of drug-likeness (QED) is 0.728. The molecule has 2 aromatic rings. The predicted molar refractivity (Wildman–Crippen MR) is 112 cm³/mol. The maximum absolute atomic E-state index is 12.7. The van der Waals surface area contributed by atoms with Gasteiger partial charge < -0.3 is 16.4 Å². The highest BCUT2D eigenvalue weighted by Crippen LogP contribution is 2.41. The fraction of sp³-hybridized carbons (Fsp3) is 0.435. The molecule has 1 aromatic carbocycles. The molecule has 2 aliphatic carbocycles. The number of amides is 2. The Bertz CT molecular complexity index is 839. The first-order valence-corrected chi connectivity index (χ1v) is 10.4. The van der Waals surface area contributed by atoms with Crippen molar-refractivity contribution in [1.82, 2.24) is 10.3 Å². The summed E-state index contributed by atoms with van der Waals surface area (Å²) in [6.07, 6.45) is 8.65. The smallest absolute Gasteiger partial charge is 0.255 e. The zero-order valence-corrected chi connectivity index (χ0v) is 16.5. The molecule has 0 saturated heterocycles. The first-order valence-electron chi connectivity index (χ1n) is 10.4. The van der Waals surface area contributed by atoms with Crippen LogP contribution in [0.2, 0.25) is 0 Å². The van der Waals surface area contributed by atoms with Crippen molar-refractivity contribution < 1.29 is 9.59 Å². The van der Waals surface area contributed by atoms with E-state index in [4.69, 9.17) is 5.73 Å². The number of carbonyl (C=O) groups is 2. The molecule has 29 heavy (non-hydrogen) atoms. The van der Waals surface area contributed by atoms with Crippen molar-refractivity contribution in [3.8, 4) is 0 Å². The zero-order valence-electron chi connectivity index (χ0n) is 16.5. The van der Waals surface area contributed by atoms with E-state index >= 15 is 0 Å². The van der Waals surface area contributed by atoms with Crippen LogP contribution < -0.4 is 16.4 Å². The SMILES string of the molecule is NC1C2CCCC1CC(C(=O)NCc1ccc(C(=O)Nc3cccnc3)cc1)C2. The lowest BCUT2D eigenvalue weighted by molar-refractivity contribution is -0.128. The molecule has 2 aliphatic rings. The van der Waals surface area contributed by atoms with Crippen LogP contribution in [0.5, 0.6) is 0 Å². The molecule has 2 atom stereocenters. The van der Waals surface area contributed by atoms with Crippen LogP contribution in [0.15, 0.2) is 48.8 Å². The van der Waals surface area contributed by atoms with Crippen LogP contribution in [-0.4, -0.2) is 22.8 Å². The van der Waals surface area contributed by atoms with Crippen molar-refractivity contribution in [2.45, 2.75) is 44.7 Å². The van der Waals surface area contributed by atoms with Crippen molar-refractivity contribution in [2.24, 2.45) is 23.5 Å². The molecule has 0 spiro atoms. The molecule has 2 fully saturated rings. The van der Waals surface area contributed by atoms with E-state index < -0.39 is 0 Å². The molecule has 1 heterocycles. The van der Waals surface area contributed by atoms with Crippen molar-refractivity contribution in [1.29, 1.82) is 0 Å². The number of benzene rings is 1. The summed E-state index contributed by atoms with van der Waals surface area (Å²) in [6, 6.07) is 11.1. The molecule has 152 valence electrons. The molecule has 2 amide bonds. The highest BCUT2D eigenvalue weighted by atomic mass is 16.2. The first kappa shape index (κ1) is 19.6. The zero-order chi connectivity index (χ0) is 20.2. The third-order valence-electron chi connectivity index (χ3n) is 6.39. The second-order valence-electron chi connectivity index (χ2n) is 8.31. The minimum Gasteiger partial charge on any atom is -0.352 e. The molecule has 6 heteroatoms. The average Bonchev–Trinajstić information content (AvgIpc) is 2.73. The van der Waals surface area contributed by atoms with Crippen LogP contribution in [0.4, 0.5) is 5.69 Å². The Kier molecular flexibility index (Phi) is 5.90. The second-order valence-corrected chi connectivity index (χ2v) is 8.31. The molecule has 4 N–H and O–H groups in total. The van der Waals surface area contributed by atoms with Gasteiger partial charge in [0.25, 0.3) is 5.91 Å². The van der Waals surface area contributed by atoms with E-state index in [-0.39, 0.29) is 23.8 Å². The Hall–Kier alpha value is -2.73. The van der Waals surface area contributed by atoms with Crippen molar-refractivity contribution >= 4 is 17.5 Å². The number of carbonyl (C=O) groups excluding carboxylic acids is 2. The van der Waals surface area contributed by atoms with E-state index in [2.05, 4.69) is 15.6 Å². The Labute approximate surface area is 171 Å². The van der Waals surface area contributed by atoms with Gasteiger partial charge in [0, 0.05) is 30.3 Å². The van der Waals surface area contributed by atoms with Crippen LogP contribution in [-0.2, 0) is 11.3 Å². The van der Waals surface area contributed by atoms with E-state index in [9.17, 15) is 9.59 Å². The van der Waals surface area contributed by atoms with Gasteiger partial charge in [0.05, 0.1) is 11.9 Å². The van der Waals surface area contributed by atoms with Gasteiger partial charge in [-0.25, -0.2) is 0 Å². The van der Waals surface area contributed by atoms with Gasteiger partial charge in [0.1, 0.15) is 0 Å². The summed E-state index contributed by atoms with van der Waals surface area (Å²) in [7, 11) is 0. The van der Waals surface area contributed by atoms with Gasteiger partial charge in [-0.05, 0) is 67.3 Å². The first-order chi connectivity index (χ1) is 14.1. The minimum absolute atomic E-state index is 0.0784. The number of rotatable bonds is 5. The number of hydrogen-bond donors (Lipinski definition) is 3. The highest BCUT2D eigenvalue weighted by molar-refractivity contribution is 6.04. The number of anilines is 1. The largest absolute Gasteiger partial charge is 0.352 e. The van der Waals surface area contributed by atoms with Gasteiger partial charge in [-0.3, -0.25) is 14.6 Å². The van der Waals surface area contributed by atoms with Crippen LogP contribution >= 0.6 is 0 Å². The van der Waals surface area contributed by atoms with Crippen LogP contribution in [0, 0.1) is 17.8 Å². The van der Waals surface area contributed by atoms with E-state index in [0.717, 1.165) is 31.2 Å². The predicted octanol–water partition coefficient (Wildman–Crippen LogP) is 3.10. The topological polar surface area (TPSA) is 97.1 Å². The Balaban J connectivity index is 1.29. The van der Waals surface area contributed by atoms with Crippen molar-refractivity contribution in [2.75, 3.05) is 5.32 Å². The fourth-order valence-corrected chi connectivity index (χ4v) is 4.75. The summed E-state index contributed by atoms with van der Waals surface area (Å²) in [5, 5.41) is 5.89. The average molecular weight is 393 g/mol. The molecular weight excluding hydrogens is 364 g/mol. The normalized spacial score (nSPS) is 25.8. The molecule has 1 aromatic heterocycles. The maximum atomic E-state index is 12.7. The number of aromatic nitrogens is 1. The molecule has 6 nitrogen and oxygen atoms in total. The van der Waals surface area contributed by atoms with Gasteiger partial charge in [-0.1, -0.05) is 18.6 Å². The van der Waals surface area contributed by atoms with Gasteiger partial charge >= 0.3 is 0 Å². The van der Waals surface area contributed by atoms with E-state index in [1.807, 2.05) is 12.1 Å². The van der Waals surface area contributed by atoms with Gasteiger partial charge in [0.2, 0.25) is 5.91 Å². The molecule has 2 bridgehead atoms. The molecule has 0 aliphatic heterocycles. The summed E-state index contributed by atoms with van der Waals surface area (Å²) >= 11 is 0. The number of pyridine rings is 1. The summed E-state index contributed by atoms with van der Waals surface area (Å²) < 4.78 is 0. The second kappa shape index (κ2) is 8.74.